The van der Waals surface area contributed by atoms with Crippen LogP contribution >= 0.6 is 0 Å². The summed E-state index contributed by atoms with van der Waals surface area (Å²) in [5.41, 5.74) is 5.21. The second kappa shape index (κ2) is 6.66. The number of carbonyl (C=O) groups excluding carboxylic acids is 1. The summed E-state index contributed by atoms with van der Waals surface area (Å²) in [6.45, 7) is 11.1. The first-order valence-corrected chi connectivity index (χ1v) is 8.48. The van der Waals surface area contributed by atoms with Crippen LogP contribution in [-0.2, 0) is 17.8 Å². The lowest BCUT2D eigenvalue weighted by atomic mass is 10.1. The molecule has 0 aromatic carbocycles. The zero-order valence-corrected chi connectivity index (χ0v) is 15.3. The van der Waals surface area contributed by atoms with E-state index in [1.165, 1.54) is 0 Å². The number of hydrogen-bond acceptors (Lipinski definition) is 4. The van der Waals surface area contributed by atoms with E-state index in [0.29, 0.717) is 23.7 Å². The first-order valence-electron chi connectivity index (χ1n) is 8.48. The highest BCUT2D eigenvalue weighted by Crippen LogP contribution is 2.19. The SMILES string of the molecule is Cc1nn(CC(C)C)c(C)c1CC(=O)Nc1cnc2n[nH]c(C)c2c1. The van der Waals surface area contributed by atoms with Crippen molar-refractivity contribution in [1.29, 1.82) is 0 Å². The van der Waals surface area contributed by atoms with Crippen molar-refractivity contribution in [3.8, 4) is 0 Å². The fourth-order valence-corrected chi connectivity index (χ4v) is 2.97. The van der Waals surface area contributed by atoms with E-state index >= 15 is 0 Å². The molecule has 3 aromatic heterocycles. The van der Waals surface area contributed by atoms with Gasteiger partial charge in [0.2, 0.25) is 5.91 Å². The summed E-state index contributed by atoms with van der Waals surface area (Å²) in [5.74, 6) is 0.438. The minimum Gasteiger partial charge on any atom is -0.324 e. The van der Waals surface area contributed by atoms with Gasteiger partial charge in [-0.25, -0.2) is 4.98 Å². The number of carbonyl (C=O) groups is 1. The number of nitrogens with one attached hydrogen (secondary N) is 2. The van der Waals surface area contributed by atoms with E-state index in [4.69, 9.17) is 0 Å². The Bertz CT molecular complexity index is 921. The summed E-state index contributed by atoms with van der Waals surface area (Å²) in [6, 6.07) is 1.89. The van der Waals surface area contributed by atoms with E-state index in [1.807, 2.05) is 31.5 Å². The largest absolute Gasteiger partial charge is 0.324 e. The van der Waals surface area contributed by atoms with E-state index in [-0.39, 0.29) is 5.91 Å². The molecule has 3 heterocycles. The lowest BCUT2D eigenvalue weighted by molar-refractivity contribution is -0.115. The van der Waals surface area contributed by atoms with Crippen LogP contribution in [0.5, 0.6) is 0 Å². The summed E-state index contributed by atoms with van der Waals surface area (Å²) in [7, 11) is 0. The Balaban J connectivity index is 1.75. The fraction of sp³-hybridized carbons (Fsp3) is 0.444. The number of hydrogen-bond donors (Lipinski definition) is 2. The van der Waals surface area contributed by atoms with Crippen molar-refractivity contribution < 1.29 is 4.79 Å². The first kappa shape index (κ1) is 17.1. The van der Waals surface area contributed by atoms with Gasteiger partial charge in [0, 0.05) is 28.9 Å². The molecule has 3 rings (SSSR count). The van der Waals surface area contributed by atoms with Crippen LogP contribution in [0.2, 0.25) is 0 Å². The molecule has 0 saturated heterocycles. The van der Waals surface area contributed by atoms with Crippen LogP contribution in [0.25, 0.3) is 11.0 Å². The average Bonchev–Trinajstić information content (AvgIpc) is 3.02. The summed E-state index contributed by atoms with van der Waals surface area (Å²) >= 11 is 0. The number of pyridine rings is 1. The van der Waals surface area contributed by atoms with Gasteiger partial charge < -0.3 is 5.32 Å². The maximum absolute atomic E-state index is 12.5. The standard InChI is InChI=1S/C18H24N6O/c1-10(2)9-24-13(5)15(12(4)23-24)7-17(25)20-14-6-16-11(3)21-22-18(16)19-8-14/h6,8,10H,7,9H2,1-5H3,(H,20,25)(H,19,21,22). The van der Waals surface area contributed by atoms with Crippen molar-refractivity contribution in [2.45, 2.75) is 47.6 Å². The Morgan fingerprint density at radius 1 is 1.32 bits per heavy atom. The minimum absolute atomic E-state index is 0.0717. The maximum Gasteiger partial charge on any atom is 0.228 e. The molecule has 2 N–H and O–H groups in total. The molecule has 0 aliphatic carbocycles. The molecule has 7 nitrogen and oxygen atoms in total. The quantitative estimate of drug-likeness (QED) is 0.747. The molecule has 132 valence electrons. The third kappa shape index (κ3) is 3.55. The van der Waals surface area contributed by atoms with Gasteiger partial charge in [-0.1, -0.05) is 13.8 Å². The van der Waals surface area contributed by atoms with Crippen LogP contribution in [0.15, 0.2) is 12.3 Å². The number of amides is 1. The lowest BCUT2D eigenvalue weighted by Crippen LogP contribution is -2.15. The van der Waals surface area contributed by atoms with Gasteiger partial charge in [0.15, 0.2) is 5.65 Å². The zero-order chi connectivity index (χ0) is 18.1. The molecule has 0 bridgehead atoms. The highest BCUT2D eigenvalue weighted by molar-refractivity contribution is 5.94. The van der Waals surface area contributed by atoms with Crippen LogP contribution < -0.4 is 5.32 Å². The van der Waals surface area contributed by atoms with Crippen LogP contribution in [0, 0.1) is 26.7 Å². The van der Waals surface area contributed by atoms with E-state index < -0.39 is 0 Å². The lowest BCUT2D eigenvalue weighted by Gasteiger charge is -2.08. The number of aromatic amines is 1. The molecule has 25 heavy (non-hydrogen) atoms. The second-order valence-corrected chi connectivity index (χ2v) is 6.89. The van der Waals surface area contributed by atoms with Gasteiger partial charge in [-0.15, -0.1) is 0 Å². The molecule has 7 heteroatoms. The van der Waals surface area contributed by atoms with E-state index in [0.717, 1.165) is 34.6 Å². The molecule has 0 fully saturated rings. The molecular weight excluding hydrogens is 316 g/mol. The smallest absolute Gasteiger partial charge is 0.228 e. The van der Waals surface area contributed by atoms with Crippen molar-refractivity contribution >= 4 is 22.6 Å². The number of aryl methyl sites for hydroxylation is 2. The molecular formula is C18H24N6O. The highest BCUT2D eigenvalue weighted by atomic mass is 16.1. The Hall–Kier alpha value is -2.70. The van der Waals surface area contributed by atoms with E-state index in [2.05, 4.69) is 39.4 Å². The number of nitrogens with zero attached hydrogens (tertiary/aromatic N) is 4. The topological polar surface area (TPSA) is 88.5 Å². The molecule has 1 amide bonds. The van der Waals surface area contributed by atoms with E-state index in [9.17, 15) is 4.79 Å². The predicted molar refractivity (Wildman–Crippen MR) is 97.5 cm³/mol. The molecule has 0 saturated carbocycles. The highest BCUT2D eigenvalue weighted by Gasteiger charge is 2.16. The Morgan fingerprint density at radius 3 is 2.80 bits per heavy atom. The monoisotopic (exact) mass is 340 g/mol. The number of anilines is 1. The van der Waals surface area contributed by atoms with Crippen LogP contribution in [0.4, 0.5) is 5.69 Å². The molecule has 0 aliphatic rings. The van der Waals surface area contributed by atoms with Gasteiger partial charge >= 0.3 is 0 Å². The van der Waals surface area contributed by atoms with Crippen LogP contribution in [-0.4, -0.2) is 30.9 Å². The predicted octanol–water partition coefficient (Wildman–Crippen LogP) is 2.92. The summed E-state index contributed by atoms with van der Waals surface area (Å²) in [5, 5.41) is 15.4. The minimum atomic E-state index is -0.0717. The van der Waals surface area contributed by atoms with E-state index in [1.54, 1.807) is 6.20 Å². The number of aromatic nitrogens is 5. The summed E-state index contributed by atoms with van der Waals surface area (Å²) in [4.78, 5) is 16.7. The van der Waals surface area contributed by atoms with Gasteiger partial charge in [0.05, 0.1) is 24.0 Å². The third-order valence-corrected chi connectivity index (χ3v) is 4.29. The van der Waals surface area contributed by atoms with Gasteiger partial charge in [0.25, 0.3) is 0 Å². The summed E-state index contributed by atoms with van der Waals surface area (Å²) in [6.07, 6.45) is 1.93. The molecule has 3 aromatic rings. The third-order valence-electron chi connectivity index (χ3n) is 4.29. The molecule has 0 radical (unpaired) electrons. The van der Waals surface area contributed by atoms with Crippen molar-refractivity contribution in [2.24, 2.45) is 5.92 Å². The summed E-state index contributed by atoms with van der Waals surface area (Å²) < 4.78 is 1.99. The number of H-pyrrole nitrogens is 1. The van der Waals surface area contributed by atoms with Crippen molar-refractivity contribution in [1.82, 2.24) is 25.0 Å². The Labute approximate surface area is 146 Å². The van der Waals surface area contributed by atoms with Crippen LogP contribution in [0.1, 0.15) is 36.5 Å². The molecule has 0 atom stereocenters. The molecule has 0 spiro atoms. The number of rotatable bonds is 5. The Morgan fingerprint density at radius 2 is 2.08 bits per heavy atom. The maximum atomic E-state index is 12.5. The second-order valence-electron chi connectivity index (χ2n) is 6.89. The van der Waals surface area contributed by atoms with Crippen molar-refractivity contribution in [3.63, 3.8) is 0 Å². The van der Waals surface area contributed by atoms with Gasteiger partial charge in [-0.2, -0.15) is 10.2 Å². The Kier molecular flexibility index (Phi) is 4.57. The first-order chi connectivity index (χ1) is 11.8. The number of fused-ring (bicyclic) bond motifs is 1. The molecule has 0 aliphatic heterocycles. The van der Waals surface area contributed by atoms with Crippen LogP contribution in [0.3, 0.4) is 0 Å². The van der Waals surface area contributed by atoms with Crippen molar-refractivity contribution in [3.05, 3.63) is 34.9 Å². The average molecular weight is 340 g/mol. The molecule has 0 unspecified atom stereocenters. The normalized spacial score (nSPS) is 11.4. The fourth-order valence-electron chi connectivity index (χ4n) is 2.97. The van der Waals surface area contributed by atoms with Gasteiger partial charge in [-0.05, 0) is 32.8 Å². The van der Waals surface area contributed by atoms with Gasteiger partial charge in [0.1, 0.15) is 0 Å². The zero-order valence-electron chi connectivity index (χ0n) is 15.3. The van der Waals surface area contributed by atoms with Gasteiger partial charge in [-0.3, -0.25) is 14.6 Å². The van der Waals surface area contributed by atoms with Crippen molar-refractivity contribution in [2.75, 3.05) is 5.32 Å².